The second-order valence-electron chi connectivity index (χ2n) is 5.10. The van der Waals surface area contributed by atoms with Crippen molar-refractivity contribution in [3.05, 3.63) is 60.2 Å². The van der Waals surface area contributed by atoms with Crippen molar-refractivity contribution in [3.63, 3.8) is 0 Å². The van der Waals surface area contributed by atoms with Crippen molar-refractivity contribution >= 4 is 17.6 Å². The van der Waals surface area contributed by atoms with Crippen LogP contribution in [0.5, 0.6) is 5.75 Å². The predicted octanol–water partition coefficient (Wildman–Crippen LogP) is 2.94. The van der Waals surface area contributed by atoms with E-state index < -0.39 is 18.0 Å². The van der Waals surface area contributed by atoms with Crippen LogP contribution in [0.1, 0.15) is 12.5 Å². The Morgan fingerprint density at radius 2 is 1.70 bits per heavy atom. The van der Waals surface area contributed by atoms with Crippen LogP contribution in [0.3, 0.4) is 0 Å². The van der Waals surface area contributed by atoms with Gasteiger partial charge >= 0.3 is 5.97 Å². The Kier molecular flexibility index (Phi) is 5.74. The van der Waals surface area contributed by atoms with Crippen LogP contribution in [-0.4, -0.2) is 24.6 Å². The van der Waals surface area contributed by atoms with E-state index in [2.05, 4.69) is 5.32 Å². The average Bonchev–Trinajstić information content (AvgIpc) is 2.55. The van der Waals surface area contributed by atoms with E-state index in [9.17, 15) is 9.59 Å². The number of ether oxygens (including phenoxy) is 2. The van der Waals surface area contributed by atoms with Gasteiger partial charge in [-0.3, -0.25) is 4.79 Å². The molecule has 2 rings (SSSR count). The van der Waals surface area contributed by atoms with Crippen LogP contribution in [-0.2, 0) is 14.3 Å². The zero-order chi connectivity index (χ0) is 16.7. The Bertz CT molecular complexity index is 652. The Morgan fingerprint density at radius 3 is 2.35 bits per heavy atom. The lowest BCUT2D eigenvalue weighted by atomic mass is 10.2. The quantitative estimate of drug-likeness (QED) is 0.833. The van der Waals surface area contributed by atoms with E-state index in [4.69, 9.17) is 9.47 Å². The Balaban J connectivity index is 1.76. The molecule has 5 nitrogen and oxygen atoms in total. The largest absolute Gasteiger partial charge is 0.479 e. The third-order valence-corrected chi connectivity index (χ3v) is 3.07. The summed E-state index contributed by atoms with van der Waals surface area (Å²) in [6.45, 7) is 3.18. The molecule has 1 N–H and O–H groups in total. The number of nitrogens with one attached hydrogen (secondary N) is 1. The number of benzene rings is 2. The molecule has 0 spiro atoms. The summed E-state index contributed by atoms with van der Waals surface area (Å²) in [6, 6.07) is 16.3. The molecule has 23 heavy (non-hydrogen) atoms. The van der Waals surface area contributed by atoms with Gasteiger partial charge in [-0.15, -0.1) is 0 Å². The van der Waals surface area contributed by atoms with E-state index in [0.717, 1.165) is 5.56 Å². The summed E-state index contributed by atoms with van der Waals surface area (Å²) in [5.41, 5.74) is 1.76. The van der Waals surface area contributed by atoms with Crippen molar-refractivity contribution in [2.24, 2.45) is 0 Å². The molecule has 120 valence electrons. The van der Waals surface area contributed by atoms with E-state index in [-0.39, 0.29) is 6.61 Å². The number of carbonyl (C=O) groups excluding carboxylic acids is 2. The lowest BCUT2D eigenvalue weighted by molar-refractivity contribution is -0.153. The SMILES string of the molecule is Cc1ccc(NC(=O)COC(=O)[C@H](C)Oc2ccccc2)cc1. The maximum absolute atomic E-state index is 11.8. The van der Waals surface area contributed by atoms with Gasteiger partial charge in [0.1, 0.15) is 5.75 Å². The molecule has 0 unspecified atom stereocenters. The zero-order valence-electron chi connectivity index (χ0n) is 13.1. The topological polar surface area (TPSA) is 64.6 Å². The normalized spacial score (nSPS) is 11.4. The van der Waals surface area contributed by atoms with E-state index in [1.54, 1.807) is 31.2 Å². The van der Waals surface area contributed by atoms with Gasteiger partial charge in [0.05, 0.1) is 0 Å². The lowest BCUT2D eigenvalue weighted by Crippen LogP contribution is -2.29. The third-order valence-electron chi connectivity index (χ3n) is 3.07. The molecular formula is C18H19NO4. The maximum Gasteiger partial charge on any atom is 0.347 e. The van der Waals surface area contributed by atoms with Crippen LogP contribution in [0.15, 0.2) is 54.6 Å². The van der Waals surface area contributed by atoms with Crippen LogP contribution in [0, 0.1) is 6.92 Å². The van der Waals surface area contributed by atoms with Crippen LogP contribution in [0.25, 0.3) is 0 Å². The fourth-order valence-corrected chi connectivity index (χ4v) is 1.84. The summed E-state index contributed by atoms with van der Waals surface area (Å²) in [6.07, 6.45) is -0.787. The number of esters is 1. The molecule has 0 bridgehead atoms. The Morgan fingerprint density at radius 1 is 1.04 bits per heavy atom. The molecule has 0 aliphatic carbocycles. The van der Waals surface area contributed by atoms with Crippen molar-refractivity contribution in [1.82, 2.24) is 0 Å². The number of carbonyl (C=O) groups is 2. The van der Waals surface area contributed by atoms with E-state index in [0.29, 0.717) is 11.4 Å². The highest BCUT2D eigenvalue weighted by Crippen LogP contribution is 2.11. The molecule has 5 heteroatoms. The van der Waals surface area contributed by atoms with Gasteiger partial charge in [0, 0.05) is 5.69 Å². The summed E-state index contributed by atoms with van der Waals surface area (Å²) < 4.78 is 10.4. The molecule has 0 radical (unpaired) electrons. The van der Waals surface area contributed by atoms with Crippen LogP contribution < -0.4 is 10.1 Å². The first kappa shape index (κ1) is 16.5. The van der Waals surface area contributed by atoms with E-state index >= 15 is 0 Å². The first-order valence-corrected chi connectivity index (χ1v) is 7.29. The van der Waals surface area contributed by atoms with Gasteiger partial charge in [-0.2, -0.15) is 0 Å². The molecular weight excluding hydrogens is 294 g/mol. The van der Waals surface area contributed by atoms with Crippen LogP contribution in [0.4, 0.5) is 5.69 Å². The first-order valence-electron chi connectivity index (χ1n) is 7.29. The van der Waals surface area contributed by atoms with E-state index in [1.807, 2.05) is 37.3 Å². The first-order chi connectivity index (χ1) is 11.0. The molecule has 0 aliphatic heterocycles. The summed E-state index contributed by atoms with van der Waals surface area (Å²) in [4.78, 5) is 23.6. The highest BCUT2D eigenvalue weighted by atomic mass is 16.6. The van der Waals surface area contributed by atoms with Gasteiger partial charge in [0.25, 0.3) is 5.91 Å². The number of para-hydroxylation sites is 1. The Hall–Kier alpha value is -2.82. The highest BCUT2D eigenvalue weighted by molar-refractivity contribution is 5.93. The monoisotopic (exact) mass is 313 g/mol. The standard InChI is InChI=1S/C18H19NO4/c1-13-8-10-15(11-9-13)19-17(20)12-22-18(21)14(2)23-16-6-4-3-5-7-16/h3-11,14H,12H2,1-2H3,(H,19,20)/t14-/m0/s1. The number of rotatable bonds is 6. The molecule has 0 aliphatic rings. The van der Waals surface area contributed by atoms with Gasteiger partial charge < -0.3 is 14.8 Å². The fourth-order valence-electron chi connectivity index (χ4n) is 1.84. The molecule has 0 saturated heterocycles. The number of anilines is 1. The van der Waals surface area contributed by atoms with Crippen LogP contribution >= 0.6 is 0 Å². The second kappa shape index (κ2) is 7.98. The molecule has 0 fully saturated rings. The summed E-state index contributed by atoms with van der Waals surface area (Å²) in [5, 5.41) is 2.66. The minimum Gasteiger partial charge on any atom is -0.479 e. The number of hydrogen-bond acceptors (Lipinski definition) is 4. The average molecular weight is 313 g/mol. The molecule has 2 aromatic carbocycles. The van der Waals surface area contributed by atoms with Crippen molar-refractivity contribution in [2.45, 2.75) is 20.0 Å². The van der Waals surface area contributed by atoms with Gasteiger partial charge in [-0.1, -0.05) is 35.9 Å². The van der Waals surface area contributed by atoms with Crippen molar-refractivity contribution in [2.75, 3.05) is 11.9 Å². The summed E-state index contributed by atoms with van der Waals surface area (Å²) >= 11 is 0. The zero-order valence-corrected chi connectivity index (χ0v) is 13.1. The van der Waals surface area contributed by atoms with Crippen LogP contribution in [0.2, 0.25) is 0 Å². The smallest absolute Gasteiger partial charge is 0.347 e. The molecule has 1 atom stereocenters. The molecule has 1 amide bonds. The minimum absolute atomic E-state index is 0.352. The fraction of sp³-hybridized carbons (Fsp3) is 0.222. The molecule has 2 aromatic rings. The predicted molar refractivity (Wildman–Crippen MR) is 87.3 cm³/mol. The second-order valence-corrected chi connectivity index (χ2v) is 5.10. The van der Waals surface area contributed by atoms with Crippen molar-refractivity contribution < 1.29 is 19.1 Å². The molecule has 0 heterocycles. The van der Waals surface area contributed by atoms with Gasteiger partial charge in [-0.25, -0.2) is 4.79 Å². The van der Waals surface area contributed by atoms with E-state index in [1.165, 1.54) is 0 Å². The van der Waals surface area contributed by atoms with Gasteiger partial charge in [0.15, 0.2) is 12.7 Å². The minimum atomic E-state index is -0.787. The lowest BCUT2D eigenvalue weighted by Gasteiger charge is -2.13. The highest BCUT2D eigenvalue weighted by Gasteiger charge is 2.17. The number of amides is 1. The number of aryl methyl sites for hydroxylation is 1. The Labute approximate surface area is 135 Å². The van der Waals surface area contributed by atoms with Gasteiger partial charge in [0.2, 0.25) is 0 Å². The summed E-state index contributed by atoms with van der Waals surface area (Å²) in [7, 11) is 0. The molecule has 0 aromatic heterocycles. The third kappa shape index (κ3) is 5.47. The van der Waals surface area contributed by atoms with Crippen molar-refractivity contribution in [1.29, 1.82) is 0 Å². The maximum atomic E-state index is 11.8. The number of hydrogen-bond donors (Lipinski definition) is 1. The van der Waals surface area contributed by atoms with Crippen molar-refractivity contribution in [3.8, 4) is 5.75 Å². The van der Waals surface area contributed by atoms with Gasteiger partial charge in [-0.05, 0) is 38.1 Å². The summed E-state index contributed by atoms with van der Waals surface area (Å²) in [5.74, 6) is -0.414. The molecule has 0 saturated carbocycles.